The predicted molar refractivity (Wildman–Crippen MR) is 108 cm³/mol. The number of H-pyrrole nitrogens is 1. The van der Waals surface area contributed by atoms with Gasteiger partial charge in [-0.3, -0.25) is 4.98 Å². The largest absolute Gasteiger partial charge is 0.361 e. The lowest BCUT2D eigenvalue weighted by molar-refractivity contribution is 0.188. The molecule has 0 aliphatic heterocycles. The summed E-state index contributed by atoms with van der Waals surface area (Å²) < 4.78 is 0. The van der Waals surface area contributed by atoms with Crippen LogP contribution < -0.4 is 5.32 Å². The van der Waals surface area contributed by atoms with Crippen molar-refractivity contribution in [2.45, 2.75) is 51.7 Å². The smallest absolute Gasteiger partial charge is 0.318 e. The molecule has 0 radical (unpaired) electrons. The molecule has 1 fully saturated rings. The van der Waals surface area contributed by atoms with E-state index in [1.165, 1.54) is 5.39 Å². The van der Waals surface area contributed by atoms with Crippen LogP contribution in [0.25, 0.3) is 10.9 Å². The zero-order valence-electron chi connectivity index (χ0n) is 15.9. The van der Waals surface area contributed by atoms with Crippen molar-refractivity contribution in [3.8, 4) is 0 Å². The number of carbonyl (C=O) groups excluding carboxylic acids is 1. The number of nitrogens with one attached hydrogen (secondary N) is 2. The minimum atomic E-state index is 0.0211. The van der Waals surface area contributed by atoms with Gasteiger partial charge >= 0.3 is 6.03 Å². The number of nitrogens with zero attached hydrogens (tertiary/aromatic N) is 2. The molecule has 4 rings (SSSR count). The second-order valence-electron chi connectivity index (χ2n) is 7.58. The van der Waals surface area contributed by atoms with Crippen molar-refractivity contribution in [1.29, 1.82) is 0 Å². The standard InChI is InChI=1S/C22H26N4O/c1-15-4-3-10-23-21(15)12-16(2)25-22(27)26(19-6-7-19)14-17-5-8-20-18(13-17)9-11-24-20/h3-5,8-11,13,16,19,24H,6-7,12,14H2,1-2H3,(H,25,27)/t16-/m1/s1. The molecule has 140 valence electrons. The van der Waals surface area contributed by atoms with Crippen molar-refractivity contribution in [3.63, 3.8) is 0 Å². The third-order valence-corrected chi connectivity index (χ3v) is 5.21. The quantitative estimate of drug-likeness (QED) is 0.691. The maximum absolute atomic E-state index is 12.9. The Hall–Kier alpha value is -2.82. The van der Waals surface area contributed by atoms with E-state index in [9.17, 15) is 4.79 Å². The number of aromatic amines is 1. The second-order valence-corrected chi connectivity index (χ2v) is 7.58. The van der Waals surface area contributed by atoms with E-state index in [4.69, 9.17) is 0 Å². The fourth-order valence-corrected chi connectivity index (χ4v) is 3.52. The lowest BCUT2D eigenvalue weighted by atomic mass is 10.1. The topological polar surface area (TPSA) is 61.0 Å². The Morgan fingerprint density at radius 3 is 2.96 bits per heavy atom. The number of fused-ring (bicyclic) bond motifs is 1. The molecule has 2 heterocycles. The summed E-state index contributed by atoms with van der Waals surface area (Å²) in [6, 6.07) is 12.8. The summed E-state index contributed by atoms with van der Waals surface area (Å²) in [5, 5.41) is 4.35. The van der Waals surface area contributed by atoms with Gasteiger partial charge in [-0.2, -0.15) is 0 Å². The molecule has 0 bridgehead atoms. The molecular weight excluding hydrogens is 336 g/mol. The van der Waals surface area contributed by atoms with Crippen LogP contribution in [0, 0.1) is 6.92 Å². The average Bonchev–Trinajstić information content (AvgIpc) is 3.38. The number of rotatable bonds is 6. The number of hydrogen-bond acceptors (Lipinski definition) is 2. The molecule has 0 saturated heterocycles. The van der Waals surface area contributed by atoms with E-state index in [2.05, 4.69) is 52.5 Å². The molecule has 1 aromatic carbocycles. The Kier molecular flexibility index (Phi) is 4.84. The number of aryl methyl sites for hydroxylation is 1. The van der Waals surface area contributed by atoms with E-state index < -0.39 is 0 Å². The van der Waals surface area contributed by atoms with Gasteiger partial charge in [0.2, 0.25) is 0 Å². The van der Waals surface area contributed by atoms with Crippen LogP contribution in [0.3, 0.4) is 0 Å². The van der Waals surface area contributed by atoms with Gasteiger partial charge in [0.05, 0.1) is 0 Å². The fourth-order valence-electron chi connectivity index (χ4n) is 3.52. The number of aromatic nitrogens is 2. The van der Waals surface area contributed by atoms with Gasteiger partial charge in [-0.05, 0) is 67.5 Å². The Balaban J connectivity index is 1.42. The molecule has 5 heteroatoms. The van der Waals surface area contributed by atoms with Gasteiger partial charge in [0.15, 0.2) is 0 Å². The van der Waals surface area contributed by atoms with Crippen molar-refractivity contribution in [2.75, 3.05) is 0 Å². The highest BCUT2D eigenvalue weighted by atomic mass is 16.2. The maximum Gasteiger partial charge on any atom is 0.318 e. The van der Waals surface area contributed by atoms with Crippen molar-refractivity contribution in [2.24, 2.45) is 0 Å². The summed E-state index contributed by atoms with van der Waals surface area (Å²) in [5.41, 5.74) is 4.50. The highest BCUT2D eigenvalue weighted by molar-refractivity contribution is 5.80. The van der Waals surface area contributed by atoms with Gasteiger partial charge in [-0.25, -0.2) is 4.79 Å². The Bertz CT molecular complexity index is 944. The van der Waals surface area contributed by atoms with Crippen LogP contribution in [0.4, 0.5) is 4.79 Å². The van der Waals surface area contributed by atoms with Gasteiger partial charge in [0.25, 0.3) is 0 Å². The van der Waals surface area contributed by atoms with Gasteiger partial charge in [-0.15, -0.1) is 0 Å². The van der Waals surface area contributed by atoms with Crippen molar-refractivity contribution in [3.05, 3.63) is 65.6 Å². The second kappa shape index (κ2) is 7.43. The molecule has 1 saturated carbocycles. The number of pyridine rings is 1. The maximum atomic E-state index is 12.9. The van der Waals surface area contributed by atoms with Gasteiger partial charge in [-0.1, -0.05) is 12.1 Å². The SMILES string of the molecule is Cc1cccnc1C[C@@H](C)NC(=O)N(Cc1ccc2[nH]ccc2c1)C1CC1. The highest BCUT2D eigenvalue weighted by Gasteiger charge is 2.33. The van der Waals surface area contributed by atoms with Crippen LogP contribution in [0.15, 0.2) is 48.8 Å². The summed E-state index contributed by atoms with van der Waals surface area (Å²) in [6.45, 7) is 4.75. The van der Waals surface area contributed by atoms with Crippen molar-refractivity contribution < 1.29 is 4.79 Å². The minimum absolute atomic E-state index is 0.0211. The molecule has 0 spiro atoms. The van der Waals surface area contributed by atoms with Crippen molar-refractivity contribution in [1.82, 2.24) is 20.2 Å². The molecule has 1 aliphatic carbocycles. The first-order chi connectivity index (χ1) is 13.1. The Labute approximate surface area is 159 Å². The van der Waals surface area contributed by atoms with Crippen LogP contribution in [-0.4, -0.2) is 33.0 Å². The summed E-state index contributed by atoms with van der Waals surface area (Å²) in [7, 11) is 0. The van der Waals surface area contributed by atoms with Crippen LogP contribution in [0.1, 0.15) is 36.6 Å². The molecule has 27 heavy (non-hydrogen) atoms. The summed E-state index contributed by atoms with van der Waals surface area (Å²) in [6.07, 6.45) is 6.68. The molecule has 0 unspecified atom stereocenters. The molecule has 1 atom stereocenters. The fraction of sp³-hybridized carbons (Fsp3) is 0.364. The van der Waals surface area contributed by atoms with E-state index >= 15 is 0 Å². The third-order valence-electron chi connectivity index (χ3n) is 5.21. The minimum Gasteiger partial charge on any atom is -0.361 e. The first-order valence-electron chi connectivity index (χ1n) is 9.64. The number of carbonyl (C=O) groups is 1. The van der Waals surface area contributed by atoms with Gasteiger partial charge in [0.1, 0.15) is 0 Å². The summed E-state index contributed by atoms with van der Waals surface area (Å²) >= 11 is 0. The lowest BCUT2D eigenvalue weighted by Gasteiger charge is -2.25. The van der Waals surface area contributed by atoms with Crippen molar-refractivity contribution >= 4 is 16.9 Å². The molecule has 2 N–H and O–H groups in total. The van der Waals surface area contributed by atoms with E-state index in [0.717, 1.165) is 41.6 Å². The molecule has 2 aromatic heterocycles. The van der Waals surface area contributed by atoms with Gasteiger partial charge in [0, 0.05) is 48.7 Å². The van der Waals surface area contributed by atoms with E-state index in [1.54, 1.807) is 0 Å². The Morgan fingerprint density at radius 2 is 2.19 bits per heavy atom. The predicted octanol–water partition coefficient (Wildman–Crippen LogP) is 4.18. The highest BCUT2D eigenvalue weighted by Crippen LogP contribution is 2.29. The number of amides is 2. The van der Waals surface area contributed by atoms with E-state index in [0.29, 0.717) is 12.6 Å². The normalized spacial score (nSPS) is 14.9. The van der Waals surface area contributed by atoms with Crippen LogP contribution >= 0.6 is 0 Å². The molecule has 2 amide bonds. The first-order valence-corrected chi connectivity index (χ1v) is 9.64. The van der Waals surface area contributed by atoms with Crippen LogP contribution in [0.2, 0.25) is 0 Å². The lowest BCUT2D eigenvalue weighted by Crippen LogP contribution is -2.45. The van der Waals surface area contributed by atoms with Crippen LogP contribution in [-0.2, 0) is 13.0 Å². The van der Waals surface area contributed by atoms with E-state index in [1.807, 2.05) is 30.3 Å². The zero-order valence-corrected chi connectivity index (χ0v) is 15.9. The average molecular weight is 362 g/mol. The molecule has 5 nitrogen and oxygen atoms in total. The summed E-state index contributed by atoms with van der Waals surface area (Å²) in [4.78, 5) is 22.6. The Morgan fingerprint density at radius 1 is 1.33 bits per heavy atom. The third kappa shape index (κ3) is 4.13. The number of urea groups is 1. The monoisotopic (exact) mass is 362 g/mol. The summed E-state index contributed by atoms with van der Waals surface area (Å²) in [5.74, 6) is 0. The molecular formula is C22H26N4O. The van der Waals surface area contributed by atoms with Crippen LogP contribution in [0.5, 0.6) is 0 Å². The first kappa shape index (κ1) is 17.6. The van der Waals surface area contributed by atoms with Gasteiger partial charge < -0.3 is 15.2 Å². The van der Waals surface area contributed by atoms with E-state index in [-0.39, 0.29) is 12.1 Å². The number of benzene rings is 1. The number of hydrogen-bond donors (Lipinski definition) is 2. The molecule has 1 aliphatic rings. The molecule has 3 aromatic rings. The zero-order chi connectivity index (χ0) is 18.8.